The standard InChI is InChI=1S/C13H13N3O2/c14-13(18)10(11-6-7-15-16-11)8-12(17)9-4-2-1-3-5-9/h1-7,10H,8H2,(H2,14,18)(H,15,16). The number of aromatic amines is 1. The van der Waals surface area contributed by atoms with E-state index >= 15 is 0 Å². The van der Waals surface area contributed by atoms with Gasteiger partial charge < -0.3 is 5.73 Å². The number of nitrogens with zero attached hydrogens (tertiary/aromatic N) is 1. The summed E-state index contributed by atoms with van der Waals surface area (Å²) in [5.41, 5.74) is 6.37. The lowest BCUT2D eigenvalue weighted by molar-refractivity contribution is -0.119. The number of ketones is 1. The van der Waals surface area contributed by atoms with Crippen molar-refractivity contribution in [1.29, 1.82) is 0 Å². The fraction of sp³-hybridized carbons (Fsp3) is 0.154. The molecule has 0 aliphatic carbocycles. The van der Waals surface area contributed by atoms with E-state index in [0.717, 1.165) is 0 Å². The van der Waals surface area contributed by atoms with Crippen molar-refractivity contribution in [3.8, 4) is 0 Å². The molecule has 2 rings (SSSR count). The molecule has 2 aromatic rings. The highest BCUT2D eigenvalue weighted by Crippen LogP contribution is 2.19. The molecule has 0 spiro atoms. The van der Waals surface area contributed by atoms with Crippen LogP contribution in [-0.2, 0) is 4.79 Å². The minimum absolute atomic E-state index is 0.0319. The molecule has 0 aliphatic rings. The van der Waals surface area contributed by atoms with Crippen LogP contribution < -0.4 is 5.73 Å². The minimum atomic E-state index is -0.691. The summed E-state index contributed by atoms with van der Waals surface area (Å²) in [6.45, 7) is 0. The van der Waals surface area contributed by atoms with E-state index in [1.165, 1.54) is 0 Å². The van der Waals surface area contributed by atoms with Gasteiger partial charge in [0.1, 0.15) is 0 Å². The van der Waals surface area contributed by atoms with Crippen LogP contribution in [0.3, 0.4) is 0 Å². The lowest BCUT2D eigenvalue weighted by Crippen LogP contribution is -2.24. The van der Waals surface area contributed by atoms with Gasteiger partial charge in [0.15, 0.2) is 5.78 Å². The van der Waals surface area contributed by atoms with Gasteiger partial charge >= 0.3 is 0 Å². The van der Waals surface area contributed by atoms with E-state index in [-0.39, 0.29) is 12.2 Å². The van der Waals surface area contributed by atoms with Crippen LogP contribution in [0.15, 0.2) is 42.6 Å². The molecule has 1 aromatic carbocycles. The first-order chi connectivity index (χ1) is 8.68. The summed E-state index contributed by atoms with van der Waals surface area (Å²) in [5.74, 6) is -1.36. The molecular formula is C13H13N3O2. The maximum Gasteiger partial charge on any atom is 0.227 e. The van der Waals surface area contributed by atoms with Gasteiger partial charge in [0.05, 0.1) is 11.6 Å². The number of amides is 1. The average molecular weight is 243 g/mol. The van der Waals surface area contributed by atoms with Crippen LogP contribution in [0, 0.1) is 0 Å². The molecular weight excluding hydrogens is 230 g/mol. The molecule has 0 fully saturated rings. The number of Topliss-reactive ketones (excluding diaryl/α,β-unsaturated/α-hetero) is 1. The smallest absolute Gasteiger partial charge is 0.227 e. The molecule has 0 aliphatic heterocycles. The van der Waals surface area contributed by atoms with Crippen LogP contribution >= 0.6 is 0 Å². The van der Waals surface area contributed by atoms with E-state index < -0.39 is 11.8 Å². The largest absolute Gasteiger partial charge is 0.369 e. The van der Waals surface area contributed by atoms with Gasteiger partial charge in [-0.2, -0.15) is 5.10 Å². The molecule has 0 saturated carbocycles. The number of nitrogens with two attached hydrogens (primary N) is 1. The lowest BCUT2D eigenvalue weighted by Gasteiger charge is -2.09. The molecule has 1 aromatic heterocycles. The van der Waals surface area contributed by atoms with E-state index in [9.17, 15) is 9.59 Å². The first-order valence-electron chi connectivity index (χ1n) is 5.55. The summed E-state index contributed by atoms with van der Waals surface area (Å²) in [4.78, 5) is 23.4. The maximum absolute atomic E-state index is 12.0. The fourth-order valence-corrected chi connectivity index (χ4v) is 1.74. The number of primary amides is 1. The Balaban J connectivity index is 2.16. The van der Waals surface area contributed by atoms with Crippen molar-refractivity contribution in [3.63, 3.8) is 0 Å². The van der Waals surface area contributed by atoms with Gasteiger partial charge in [0.25, 0.3) is 0 Å². The normalized spacial score (nSPS) is 12.0. The molecule has 5 nitrogen and oxygen atoms in total. The van der Waals surface area contributed by atoms with Gasteiger partial charge in [-0.3, -0.25) is 14.7 Å². The molecule has 0 bridgehead atoms. The highest BCUT2D eigenvalue weighted by Gasteiger charge is 2.23. The second-order valence-corrected chi connectivity index (χ2v) is 3.95. The summed E-state index contributed by atoms with van der Waals surface area (Å²) < 4.78 is 0. The molecule has 5 heteroatoms. The second-order valence-electron chi connectivity index (χ2n) is 3.95. The van der Waals surface area contributed by atoms with E-state index in [4.69, 9.17) is 5.73 Å². The Morgan fingerprint density at radius 3 is 2.50 bits per heavy atom. The van der Waals surface area contributed by atoms with Gasteiger partial charge in [-0.15, -0.1) is 0 Å². The summed E-state index contributed by atoms with van der Waals surface area (Å²) >= 11 is 0. The zero-order valence-electron chi connectivity index (χ0n) is 9.67. The molecule has 3 N–H and O–H groups in total. The monoisotopic (exact) mass is 243 g/mol. The highest BCUT2D eigenvalue weighted by molar-refractivity contribution is 5.99. The van der Waals surface area contributed by atoms with E-state index in [0.29, 0.717) is 11.3 Å². The third-order valence-electron chi connectivity index (χ3n) is 2.71. The number of carbonyl (C=O) groups is 2. The second kappa shape index (κ2) is 5.27. The number of hydrogen-bond donors (Lipinski definition) is 2. The average Bonchev–Trinajstić information content (AvgIpc) is 2.90. The van der Waals surface area contributed by atoms with Crippen LogP contribution in [0.5, 0.6) is 0 Å². The maximum atomic E-state index is 12.0. The molecule has 18 heavy (non-hydrogen) atoms. The Morgan fingerprint density at radius 2 is 1.94 bits per heavy atom. The lowest BCUT2D eigenvalue weighted by atomic mass is 9.95. The van der Waals surface area contributed by atoms with Crippen molar-refractivity contribution < 1.29 is 9.59 Å². The van der Waals surface area contributed by atoms with Gasteiger partial charge in [0.2, 0.25) is 5.91 Å². The SMILES string of the molecule is NC(=O)C(CC(=O)c1ccccc1)c1cc[nH]n1. The molecule has 0 saturated heterocycles. The van der Waals surface area contributed by atoms with Crippen molar-refractivity contribution in [2.24, 2.45) is 5.73 Å². The predicted molar refractivity (Wildman–Crippen MR) is 65.9 cm³/mol. The Bertz CT molecular complexity index is 535. The first-order valence-corrected chi connectivity index (χ1v) is 5.55. The summed E-state index contributed by atoms with van der Waals surface area (Å²) in [6, 6.07) is 10.5. The molecule has 1 heterocycles. The molecule has 92 valence electrons. The van der Waals surface area contributed by atoms with Crippen LogP contribution in [0.2, 0.25) is 0 Å². The van der Waals surface area contributed by atoms with Crippen molar-refractivity contribution >= 4 is 11.7 Å². The number of benzene rings is 1. The summed E-state index contributed by atoms with van der Waals surface area (Å²) in [6.07, 6.45) is 1.63. The number of aromatic nitrogens is 2. The molecule has 1 amide bonds. The molecule has 1 atom stereocenters. The first kappa shape index (κ1) is 12.0. The van der Waals surface area contributed by atoms with Crippen LogP contribution in [0.1, 0.15) is 28.4 Å². The Labute approximate surface area is 104 Å². The molecule has 0 radical (unpaired) electrons. The number of rotatable bonds is 5. The van der Waals surface area contributed by atoms with Crippen LogP contribution in [0.25, 0.3) is 0 Å². The topological polar surface area (TPSA) is 88.8 Å². The summed E-state index contributed by atoms with van der Waals surface area (Å²) in [5, 5.41) is 6.52. The number of nitrogens with one attached hydrogen (secondary N) is 1. The van der Waals surface area contributed by atoms with Gasteiger partial charge in [0, 0.05) is 18.2 Å². The van der Waals surface area contributed by atoms with Crippen LogP contribution in [-0.4, -0.2) is 21.9 Å². The van der Waals surface area contributed by atoms with E-state index in [2.05, 4.69) is 10.2 Å². The number of H-pyrrole nitrogens is 1. The Hall–Kier alpha value is -2.43. The van der Waals surface area contributed by atoms with Gasteiger partial charge in [-0.05, 0) is 6.07 Å². The van der Waals surface area contributed by atoms with Crippen molar-refractivity contribution in [1.82, 2.24) is 10.2 Å². The Morgan fingerprint density at radius 1 is 1.22 bits per heavy atom. The minimum Gasteiger partial charge on any atom is -0.369 e. The van der Waals surface area contributed by atoms with Crippen molar-refractivity contribution in [2.45, 2.75) is 12.3 Å². The Kier molecular flexibility index (Phi) is 3.52. The quantitative estimate of drug-likeness (QED) is 0.774. The van der Waals surface area contributed by atoms with Crippen molar-refractivity contribution in [2.75, 3.05) is 0 Å². The van der Waals surface area contributed by atoms with Crippen molar-refractivity contribution in [3.05, 3.63) is 53.9 Å². The number of hydrogen-bond acceptors (Lipinski definition) is 3. The highest BCUT2D eigenvalue weighted by atomic mass is 16.1. The predicted octanol–water partition coefficient (Wildman–Crippen LogP) is 1.25. The third-order valence-corrected chi connectivity index (χ3v) is 2.71. The van der Waals surface area contributed by atoms with Gasteiger partial charge in [-0.25, -0.2) is 0 Å². The summed E-state index contributed by atoms with van der Waals surface area (Å²) in [7, 11) is 0. The van der Waals surface area contributed by atoms with E-state index in [1.54, 1.807) is 36.5 Å². The van der Waals surface area contributed by atoms with E-state index in [1.807, 2.05) is 6.07 Å². The fourth-order valence-electron chi connectivity index (χ4n) is 1.74. The number of carbonyl (C=O) groups excluding carboxylic acids is 2. The third kappa shape index (κ3) is 2.63. The van der Waals surface area contributed by atoms with Crippen LogP contribution in [0.4, 0.5) is 0 Å². The molecule has 1 unspecified atom stereocenters. The van der Waals surface area contributed by atoms with Gasteiger partial charge in [-0.1, -0.05) is 30.3 Å². The zero-order chi connectivity index (χ0) is 13.0. The zero-order valence-corrected chi connectivity index (χ0v) is 9.67.